The van der Waals surface area contributed by atoms with E-state index >= 15 is 0 Å². The minimum atomic E-state index is 0.438. The zero-order valence-corrected chi connectivity index (χ0v) is 11.5. The van der Waals surface area contributed by atoms with Gasteiger partial charge in [-0.05, 0) is 54.8 Å². The molecule has 0 N–H and O–H groups in total. The van der Waals surface area contributed by atoms with Crippen LogP contribution in [0.2, 0.25) is 0 Å². The second kappa shape index (κ2) is 6.03. The lowest BCUT2D eigenvalue weighted by atomic mass is 10.1. The molecule has 0 bridgehead atoms. The largest absolute Gasteiger partial charge is 0.488 e. The summed E-state index contributed by atoms with van der Waals surface area (Å²) in [6.45, 7) is 4.29. The fourth-order valence-corrected chi connectivity index (χ4v) is 2.11. The molecule has 0 aliphatic carbocycles. The number of benzene rings is 2. The molecule has 0 spiro atoms. The van der Waals surface area contributed by atoms with Gasteiger partial charge in [0.25, 0.3) is 0 Å². The van der Waals surface area contributed by atoms with Gasteiger partial charge >= 0.3 is 0 Å². The highest BCUT2D eigenvalue weighted by Crippen LogP contribution is 2.25. The second-order valence-corrected chi connectivity index (χ2v) is 4.70. The third kappa shape index (κ3) is 3.04. The summed E-state index contributed by atoms with van der Waals surface area (Å²) in [7, 11) is 0. The van der Waals surface area contributed by atoms with Crippen LogP contribution >= 0.6 is 0 Å². The van der Waals surface area contributed by atoms with E-state index in [4.69, 9.17) is 10.00 Å². The summed E-state index contributed by atoms with van der Waals surface area (Å²) in [6, 6.07) is 13.0. The topological polar surface area (TPSA) is 50.1 Å². The van der Waals surface area contributed by atoms with Crippen LogP contribution in [0.3, 0.4) is 0 Å². The van der Waals surface area contributed by atoms with Crippen LogP contribution in [0.1, 0.15) is 32.6 Å². The molecule has 0 aromatic heterocycles. The molecule has 3 heteroatoms. The average molecular weight is 265 g/mol. The van der Waals surface area contributed by atoms with Crippen molar-refractivity contribution in [3.05, 3.63) is 64.2 Å². The van der Waals surface area contributed by atoms with Gasteiger partial charge < -0.3 is 4.74 Å². The van der Waals surface area contributed by atoms with E-state index in [-0.39, 0.29) is 0 Å². The normalized spacial score (nSPS) is 9.85. The lowest BCUT2D eigenvalue weighted by Gasteiger charge is -2.13. The molecule has 0 saturated carbocycles. The van der Waals surface area contributed by atoms with E-state index in [1.54, 1.807) is 12.1 Å². The van der Waals surface area contributed by atoms with E-state index < -0.39 is 0 Å². The highest BCUT2D eigenvalue weighted by Gasteiger charge is 2.06. The van der Waals surface area contributed by atoms with Crippen molar-refractivity contribution in [2.24, 2.45) is 0 Å². The van der Waals surface area contributed by atoms with Gasteiger partial charge in [-0.2, -0.15) is 5.26 Å². The molecular weight excluding hydrogens is 250 g/mol. The van der Waals surface area contributed by atoms with Gasteiger partial charge in [0, 0.05) is 5.56 Å². The first kappa shape index (κ1) is 13.8. The Morgan fingerprint density at radius 1 is 1.15 bits per heavy atom. The van der Waals surface area contributed by atoms with Crippen LogP contribution in [0, 0.1) is 25.2 Å². The Kier molecular flexibility index (Phi) is 4.17. The lowest BCUT2D eigenvalue weighted by Crippen LogP contribution is -2.00. The van der Waals surface area contributed by atoms with Gasteiger partial charge in [0.05, 0.1) is 11.6 Å². The minimum Gasteiger partial charge on any atom is -0.488 e. The molecule has 0 radical (unpaired) electrons. The summed E-state index contributed by atoms with van der Waals surface area (Å²) in [5.41, 5.74) is 4.19. The summed E-state index contributed by atoms with van der Waals surface area (Å²) in [5.74, 6) is 0.806. The standard InChI is InChI=1S/C17H15NO2/c1-12-7-16(10-19)8-13(2)17(12)20-11-15-5-3-14(9-18)4-6-15/h3-8,10H,11H2,1-2H3. The Bertz CT molecular complexity index is 643. The summed E-state index contributed by atoms with van der Waals surface area (Å²) in [6.07, 6.45) is 0.838. The van der Waals surface area contributed by atoms with E-state index in [2.05, 4.69) is 6.07 Å². The number of hydrogen-bond donors (Lipinski definition) is 0. The van der Waals surface area contributed by atoms with Crippen LogP contribution in [0.4, 0.5) is 0 Å². The molecule has 3 nitrogen and oxygen atoms in total. The molecule has 2 aromatic carbocycles. The SMILES string of the molecule is Cc1cc(C=O)cc(C)c1OCc1ccc(C#N)cc1. The molecule has 2 rings (SSSR count). The first-order chi connectivity index (χ1) is 9.63. The van der Waals surface area contributed by atoms with Gasteiger partial charge in [0.15, 0.2) is 0 Å². The van der Waals surface area contributed by atoms with E-state index in [9.17, 15) is 4.79 Å². The van der Waals surface area contributed by atoms with Crippen molar-refractivity contribution in [1.82, 2.24) is 0 Å². The predicted molar refractivity (Wildman–Crippen MR) is 76.8 cm³/mol. The van der Waals surface area contributed by atoms with Crippen molar-refractivity contribution in [3.63, 3.8) is 0 Å². The molecule has 0 fully saturated rings. The van der Waals surface area contributed by atoms with Crippen LogP contribution in [-0.4, -0.2) is 6.29 Å². The predicted octanol–water partition coefficient (Wildman–Crippen LogP) is 3.57. The maximum Gasteiger partial charge on any atom is 0.150 e. The van der Waals surface area contributed by atoms with E-state index in [1.165, 1.54) is 0 Å². The number of aldehydes is 1. The number of rotatable bonds is 4. The maximum absolute atomic E-state index is 10.8. The minimum absolute atomic E-state index is 0.438. The van der Waals surface area contributed by atoms with Crippen molar-refractivity contribution in [1.29, 1.82) is 5.26 Å². The Morgan fingerprint density at radius 3 is 2.25 bits per heavy atom. The monoisotopic (exact) mass is 265 g/mol. The zero-order valence-electron chi connectivity index (χ0n) is 11.5. The first-order valence-electron chi connectivity index (χ1n) is 6.32. The highest BCUT2D eigenvalue weighted by atomic mass is 16.5. The number of aryl methyl sites for hydroxylation is 2. The third-order valence-corrected chi connectivity index (χ3v) is 3.08. The summed E-state index contributed by atoms with van der Waals surface area (Å²) >= 11 is 0. The van der Waals surface area contributed by atoms with Crippen molar-refractivity contribution in [2.75, 3.05) is 0 Å². The molecular formula is C17H15NO2. The molecule has 0 aliphatic rings. The fraction of sp³-hybridized carbons (Fsp3) is 0.176. The molecule has 20 heavy (non-hydrogen) atoms. The van der Waals surface area contributed by atoms with Crippen LogP contribution < -0.4 is 4.74 Å². The fourth-order valence-electron chi connectivity index (χ4n) is 2.11. The first-order valence-corrected chi connectivity index (χ1v) is 6.32. The Morgan fingerprint density at radius 2 is 1.75 bits per heavy atom. The van der Waals surface area contributed by atoms with Crippen molar-refractivity contribution in [2.45, 2.75) is 20.5 Å². The summed E-state index contributed by atoms with van der Waals surface area (Å²) in [4.78, 5) is 10.8. The second-order valence-electron chi connectivity index (χ2n) is 4.70. The third-order valence-electron chi connectivity index (χ3n) is 3.08. The van der Waals surface area contributed by atoms with Crippen molar-refractivity contribution < 1.29 is 9.53 Å². The Labute approximate surface area is 118 Å². The number of carbonyl (C=O) groups excluding carboxylic acids is 1. The van der Waals surface area contributed by atoms with Crippen LogP contribution in [0.15, 0.2) is 36.4 Å². The summed E-state index contributed by atoms with van der Waals surface area (Å²) in [5, 5.41) is 8.75. The molecule has 0 saturated heterocycles. The number of nitrogens with zero attached hydrogens (tertiary/aromatic N) is 1. The molecule has 0 atom stereocenters. The van der Waals surface area contributed by atoms with Gasteiger partial charge in [-0.25, -0.2) is 0 Å². The van der Waals surface area contributed by atoms with Crippen molar-refractivity contribution in [3.8, 4) is 11.8 Å². The maximum atomic E-state index is 10.8. The van der Waals surface area contributed by atoms with Crippen LogP contribution in [0.25, 0.3) is 0 Å². The van der Waals surface area contributed by atoms with Gasteiger partial charge in [-0.15, -0.1) is 0 Å². The van der Waals surface area contributed by atoms with Crippen LogP contribution in [0.5, 0.6) is 5.75 Å². The molecule has 0 unspecified atom stereocenters. The number of hydrogen-bond acceptors (Lipinski definition) is 3. The quantitative estimate of drug-likeness (QED) is 0.794. The Hall–Kier alpha value is -2.60. The smallest absolute Gasteiger partial charge is 0.150 e. The molecule has 100 valence electrons. The van der Waals surface area contributed by atoms with E-state index in [0.29, 0.717) is 17.7 Å². The lowest BCUT2D eigenvalue weighted by molar-refractivity contribution is 0.112. The van der Waals surface area contributed by atoms with E-state index in [0.717, 1.165) is 28.7 Å². The van der Waals surface area contributed by atoms with Gasteiger partial charge in [-0.3, -0.25) is 4.79 Å². The Balaban J connectivity index is 2.14. The average Bonchev–Trinajstić information content (AvgIpc) is 2.46. The molecule has 0 aliphatic heterocycles. The highest BCUT2D eigenvalue weighted by molar-refractivity contribution is 5.76. The van der Waals surface area contributed by atoms with Crippen molar-refractivity contribution >= 4 is 6.29 Å². The number of nitriles is 1. The number of ether oxygens (including phenoxy) is 1. The van der Waals surface area contributed by atoms with Gasteiger partial charge in [0.2, 0.25) is 0 Å². The van der Waals surface area contributed by atoms with Gasteiger partial charge in [0.1, 0.15) is 18.6 Å². The molecule has 2 aromatic rings. The zero-order chi connectivity index (χ0) is 14.5. The van der Waals surface area contributed by atoms with Crippen LogP contribution in [-0.2, 0) is 6.61 Å². The van der Waals surface area contributed by atoms with E-state index in [1.807, 2.05) is 38.1 Å². The summed E-state index contributed by atoms with van der Waals surface area (Å²) < 4.78 is 5.83. The van der Waals surface area contributed by atoms with Gasteiger partial charge in [-0.1, -0.05) is 12.1 Å². The molecule has 0 heterocycles. The number of carbonyl (C=O) groups is 1. The molecule has 0 amide bonds.